The smallest absolute Gasteiger partial charge is 0.255 e. The van der Waals surface area contributed by atoms with Gasteiger partial charge in [-0.1, -0.05) is 72.8 Å². The number of para-hydroxylation sites is 1. The normalized spacial score (nSPS) is 11.4. The largest absolute Gasteiger partial charge is 0.345 e. The quantitative estimate of drug-likeness (QED) is 0.283. The van der Waals surface area contributed by atoms with Gasteiger partial charge in [-0.05, 0) is 54.4 Å². The highest BCUT2D eigenvalue weighted by molar-refractivity contribution is 7.98. The van der Waals surface area contributed by atoms with E-state index in [0.29, 0.717) is 16.8 Å². The fourth-order valence-electron chi connectivity index (χ4n) is 3.52. The van der Waals surface area contributed by atoms with E-state index in [1.807, 2.05) is 79.7 Å². The summed E-state index contributed by atoms with van der Waals surface area (Å²) in [6, 6.07) is 34.4. The molecule has 0 fully saturated rings. The molecule has 0 radical (unpaired) electrons. The molecule has 2 N–H and O–H groups in total. The average Bonchev–Trinajstić information content (AvgIpc) is 2.89. The van der Waals surface area contributed by atoms with Gasteiger partial charge in [0.25, 0.3) is 11.8 Å². The molecule has 0 aliphatic heterocycles. The van der Waals surface area contributed by atoms with Gasteiger partial charge in [-0.2, -0.15) is 0 Å². The molecular weight excluding hydrogens is 440 g/mol. The Labute approximate surface area is 204 Å². The zero-order valence-electron chi connectivity index (χ0n) is 18.9. The van der Waals surface area contributed by atoms with Crippen molar-refractivity contribution in [1.29, 1.82) is 0 Å². The molecule has 1 unspecified atom stereocenters. The summed E-state index contributed by atoms with van der Waals surface area (Å²) in [4.78, 5) is 27.0. The molecule has 0 aliphatic rings. The second kappa shape index (κ2) is 11.3. The minimum absolute atomic E-state index is 0.154. The predicted molar refractivity (Wildman–Crippen MR) is 139 cm³/mol. The summed E-state index contributed by atoms with van der Waals surface area (Å²) in [5, 5.41) is 5.90. The van der Waals surface area contributed by atoms with Crippen LogP contribution in [-0.2, 0) is 5.75 Å². The summed E-state index contributed by atoms with van der Waals surface area (Å²) in [6.07, 6.45) is 0. The van der Waals surface area contributed by atoms with Crippen LogP contribution in [0.4, 0.5) is 5.69 Å². The summed E-state index contributed by atoms with van der Waals surface area (Å²) >= 11 is 1.75. The van der Waals surface area contributed by atoms with Crippen molar-refractivity contribution < 1.29 is 9.59 Å². The Morgan fingerprint density at radius 3 is 2.06 bits per heavy atom. The van der Waals surface area contributed by atoms with Crippen molar-refractivity contribution >= 4 is 29.3 Å². The molecule has 0 aliphatic carbocycles. The number of hydrogen-bond acceptors (Lipinski definition) is 3. The van der Waals surface area contributed by atoms with E-state index in [-0.39, 0.29) is 17.9 Å². The molecule has 0 bridgehead atoms. The standard InChI is InChI=1S/C29H26N2O2S/c1-21(23-10-4-2-5-11-23)30-29(33)26-14-8-9-15-27(26)31-28(32)24-18-16-22(17-19-24)20-34-25-12-6-3-7-13-25/h2-19,21H,20H2,1H3,(H,30,33)(H,31,32). The van der Waals surface area contributed by atoms with Gasteiger partial charge in [0.2, 0.25) is 0 Å². The SMILES string of the molecule is CC(NC(=O)c1ccccc1NC(=O)c1ccc(CSc2ccccc2)cc1)c1ccccc1. The van der Waals surface area contributed by atoms with Gasteiger partial charge in [-0.25, -0.2) is 0 Å². The second-order valence-electron chi connectivity index (χ2n) is 7.90. The molecule has 0 saturated carbocycles. The molecule has 0 spiro atoms. The average molecular weight is 467 g/mol. The number of carbonyl (C=O) groups excluding carboxylic acids is 2. The molecule has 4 aromatic rings. The molecule has 4 aromatic carbocycles. The molecular formula is C29H26N2O2S. The zero-order valence-corrected chi connectivity index (χ0v) is 19.7. The molecule has 5 heteroatoms. The number of hydrogen-bond donors (Lipinski definition) is 2. The third-order valence-corrected chi connectivity index (χ3v) is 6.52. The van der Waals surface area contributed by atoms with E-state index in [4.69, 9.17) is 0 Å². The van der Waals surface area contributed by atoms with E-state index in [1.54, 1.807) is 36.0 Å². The highest BCUT2D eigenvalue weighted by atomic mass is 32.2. The number of nitrogens with one attached hydrogen (secondary N) is 2. The molecule has 1 atom stereocenters. The molecule has 0 aromatic heterocycles. The van der Waals surface area contributed by atoms with Crippen LogP contribution >= 0.6 is 11.8 Å². The van der Waals surface area contributed by atoms with Crippen molar-refractivity contribution in [2.75, 3.05) is 5.32 Å². The van der Waals surface area contributed by atoms with Crippen molar-refractivity contribution in [1.82, 2.24) is 5.32 Å². The van der Waals surface area contributed by atoms with Gasteiger partial charge in [0.15, 0.2) is 0 Å². The van der Waals surface area contributed by atoms with Crippen molar-refractivity contribution in [2.24, 2.45) is 0 Å². The van der Waals surface area contributed by atoms with Gasteiger partial charge in [0, 0.05) is 16.2 Å². The van der Waals surface area contributed by atoms with E-state index in [2.05, 4.69) is 22.8 Å². The molecule has 0 heterocycles. The van der Waals surface area contributed by atoms with E-state index in [9.17, 15) is 9.59 Å². The lowest BCUT2D eigenvalue weighted by Gasteiger charge is -2.16. The third-order valence-electron chi connectivity index (χ3n) is 5.43. The van der Waals surface area contributed by atoms with Gasteiger partial charge < -0.3 is 10.6 Å². The first-order chi connectivity index (χ1) is 16.6. The minimum atomic E-state index is -0.251. The predicted octanol–water partition coefficient (Wildman–Crippen LogP) is 6.72. The summed E-state index contributed by atoms with van der Waals surface area (Å²) in [5.41, 5.74) is 3.60. The number of carbonyl (C=O) groups is 2. The van der Waals surface area contributed by atoms with Crippen LogP contribution in [0.15, 0.2) is 114 Å². The maximum atomic E-state index is 12.9. The lowest BCUT2D eigenvalue weighted by atomic mass is 10.1. The number of anilines is 1. The Morgan fingerprint density at radius 2 is 1.35 bits per heavy atom. The molecule has 4 nitrogen and oxygen atoms in total. The van der Waals surface area contributed by atoms with Crippen LogP contribution < -0.4 is 10.6 Å². The summed E-state index contributed by atoms with van der Waals surface area (Å²) < 4.78 is 0. The van der Waals surface area contributed by atoms with Crippen LogP contribution in [0, 0.1) is 0 Å². The number of rotatable bonds is 8. The number of thioether (sulfide) groups is 1. The Morgan fingerprint density at radius 1 is 0.735 bits per heavy atom. The molecule has 34 heavy (non-hydrogen) atoms. The van der Waals surface area contributed by atoms with Crippen LogP contribution in [0.2, 0.25) is 0 Å². The lowest BCUT2D eigenvalue weighted by molar-refractivity contribution is 0.0940. The lowest BCUT2D eigenvalue weighted by Crippen LogP contribution is -2.28. The van der Waals surface area contributed by atoms with Gasteiger partial charge in [-0.15, -0.1) is 11.8 Å². The summed E-state index contributed by atoms with van der Waals surface area (Å²) in [6.45, 7) is 1.94. The molecule has 2 amide bonds. The molecule has 0 saturated heterocycles. The summed E-state index contributed by atoms with van der Waals surface area (Å²) in [5.74, 6) is 0.341. The molecule has 4 rings (SSSR count). The maximum Gasteiger partial charge on any atom is 0.255 e. The Kier molecular flexibility index (Phi) is 7.79. The van der Waals surface area contributed by atoms with Gasteiger partial charge in [0.05, 0.1) is 17.3 Å². The summed E-state index contributed by atoms with van der Waals surface area (Å²) in [7, 11) is 0. The first kappa shape index (κ1) is 23.3. The van der Waals surface area contributed by atoms with Gasteiger partial charge >= 0.3 is 0 Å². The van der Waals surface area contributed by atoms with Crippen molar-refractivity contribution in [3.63, 3.8) is 0 Å². The van der Waals surface area contributed by atoms with Crippen LogP contribution in [-0.4, -0.2) is 11.8 Å². The second-order valence-corrected chi connectivity index (χ2v) is 8.95. The number of benzene rings is 4. The highest BCUT2D eigenvalue weighted by Gasteiger charge is 2.16. The third kappa shape index (κ3) is 6.15. The van der Waals surface area contributed by atoms with E-state index in [0.717, 1.165) is 16.9 Å². The maximum absolute atomic E-state index is 12.9. The van der Waals surface area contributed by atoms with Crippen LogP contribution in [0.5, 0.6) is 0 Å². The zero-order chi connectivity index (χ0) is 23.8. The highest BCUT2D eigenvalue weighted by Crippen LogP contribution is 2.23. The van der Waals surface area contributed by atoms with Gasteiger partial charge in [-0.3, -0.25) is 9.59 Å². The first-order valence-corrected chi connectivity index (χ1v) is 12.1. The fourth-order valence-corrected chi connectivity index (χ4v) is 4.40. The monoisotopic (exact) mass is 466 g/mol. The van der Waals surface area contributed by atoms with Crippen LogP contribution in [0.25, 0.3) is 0 Å². The van der Waals surface area contributed by atoms with Crippen molar-refractivity contribution in [3.8, 4) is 0 Å². The van der Waals surface area contributed by atoms with Crippen LogP contribution in [0.1, 0.15) is 44.8 Å². The Bertz CT molecular complexity index is 1240. The number of amides is 2. The fraction of sp³-hybridized carbons (Fsp3) is 0.103. The van der Waals surface area contributed by atoms with Gasteiger partial charge in [0.1, 0.15) is 0 Å². The van der Waals surface area contributed by atoms with Crippen LogP contribution in [0.3, 0.4) is 0 Å². The molecule has 170 valence electrons. The Hall–Kier alpha value is -3.83. The Balaban J connectivity index is 1.40. The van der Waals surface area contributed by atoms with Crippen molar-refractivity contribution in [3.05, 3.63) is 131 Å². The first-order valence-electron chi connectivity index (χ1n) is 11.1. The van der Waals surface area contributed by atoms with E-state index >= 15 is 0 Å². The van der Waals surface area contributed by atoms with Crippen molar-refractivity contribution in [2.45, 2.75) is 23.6 Å². The topological polar surface area (TPSA) is 58.2 Å². The minimum Gasteiger partial charge on any atom is -0.345 e. The van der Waals surface area contributed by atoms with E-state index < -0.39 is 0 Å². The van der Waals surface area contributed by atoms with E-state index in [1.165, 1.54) is 4.90 Å².